The van der Waals surface area contributed by atoms with Crippen molar-refractivity contribution >= 4 is 23.2 Å². The first kappa shape index (κ1) is 13.6. The van der Waals surface area contributed by atoms with Gasteiger partial charge in [0.2, 0.25) is 0 Å². The Labute approximate surface area is 116 Å². The minimum atomic E-state index is -1.05. The van der Waals surface area contributed by atoms with Gasteiger partial charge in [-0.1, -0.05) is 5.92 Å². The van der Waals surface area contributed by atoms with Gasteiger partial charge in [0.1, 0.15) is 6.54 Å². The minimum absolute atomic E-state index is 0.0215. The van der Waals surface area contributed by atoms with Gasteiger partial charge in [-0.3, -0.25) is 9.59 Å². The van der Waals surface area contributed by atoms with E-state index in [1.54, 1.807) is 0 Å². The van der Waals surface area contributed by atoms with E-state index < -0.39 is 5.97 Å². The molecule has 0 bridgehead atoms. The van der Waals surface area contributed by atoms with Gasteiger partial charge in [0.25, 0.3) is 5.91 Å². The average molecular weight is 277 g/mol. The number of carbonyl (C=O) groups excluding carboxylic acids is 1. The largest absolute Gasteiger partial charge is 0.480 e. The van der Waals surface area contributed by atoms with Crippen molar-refractivity contribution in [1.29, 1.82) is 0 Å². The molecule has 0 aliphatic heterocycles. The fraction of sp³-hybridized carbons (Fsp3) is 0.429. The Morgan fingerprint density at radius 1 is 1.42 bits per heavy atom. The number of rotatable bonds is 4. The highest BCUT2D eigenvalue weighted by molar-refractivity contribution is 7.14. The van der Waals surface area contributed by atoms with Crippen LogP contribution in [0.2, 0.25) is 0 Å². The monoisotopic (exact) mass is 277 g/mol. The van der Waals surface area contributed by atoms with E-state index >= 15 is 0 Å². The van der Waals surface area contributed by atoms with Gasteiger partial charge in [0.05, 0.1) is 11.4 Å². The lowest BCUT2D eigenvalue weighted by molar-refractivity contribution is -0.137. The molecule has 1 N–H and O–H groups in total. The van der Waals surface area contributed by atoms with Gasteiger partial charge >= 0.3 is 5.97 Å². The predicted molar refractivity (Wildman–Crippen MR) is 73.3 cm³/mol. The zero-order valence-corrected chi connectivity index (χ0v) is 11.3. The van der Waals surface area contributed by atoms with Crippen LogP contribution in [-0.2, 0) is 17.6 Å². The van der Waals surface area contributed by atoms with Gasteiger partial charge in [0.15, 0.2) is 0 Å². The van der Waals surface area contributed by atoms with Crippen molar-refractivity contribution in [1.82, 2.24) is 4.90 Å². The number of aryl methyl sites for hydroxylation is 2. The van der Waals surface area contributed by atoms with Crippen molar-refractivity contribution in [3.63, 3.8) is 0 Å². The van der Waals surface area contributed by atoms with Crippen molar-refractivity contribution < 1.29 is 14.7 Å². The molecule has 0 atom stereocenters. The number of carboxylic acids is 1. The number of aliphatic carboxylic acids is 1. The summed E-state index contributed by atoms with van der Waals surface area (Å²) in [6.45, 7) is -0.334. The molecule has 19 heavy (non-hydrogen) atoms. The van der Waals surface area contributed by atoms with E-state index in [4.69, 9.17) is 11.5 Å². The summed E-state index contributed by atoms with van der Waals surface area (Å²) in [4.78, 5) is 26.1. The maximum absolute atomic E-state index is 12.3. The molecule has 0 spiro atoms. The molecule has 1 aliphatic rings. The number of amides is 1. The fourth-order valence-electron chi connectivity index (χ4n) is 2.22. The molecule has 1 amide bonds. The summed E-state index contributed by atoms with van der Waals surface area (Å²) in [5, 5.41) is 8.81. The zero-order chi connectivity index (χ0) is 13.8. The first-order valence-corrected chi connectivity index (χ1v) is 6.99. The van der Waals surface area contributed by atoms with Gasteiger partial charge in [0, 0.05) is 4.88 Å². The molecule has 1 aromatic rings. The summed E-state index contributed by atoms with van der Waals surface area (Å²) in [6, 6.07) is 1.90. The van der Waals surface area contributed by atoms with Crippen LogP contribution in [0.3, 0.4) is 0 Å². The van der Waals surface area contributed by atoms with Gasteiger partial charge in [-0.25, -0.2) is 0 Å². The normalized spacial score (nSPS) is 13.4. The van der Waals surface area contributed by atoms with Crippen LogP contribution in [0.15, 0.2) is 6.07 Å². The van der Waals surface area contributed by atoms with Crippen LogP contribution in [0, 0.1) is 12.3 Å². The molecule has 4 nitrogen and oxygen atoms in total. The molecule has 0 unspecified atom stereocenters. The first-order chi connectivity index (χ1) is 9.11. The molecule has 1 aromatic heterocycles. The molecular weight excluding hydrogens is 262 g/mol. The van der Waals surface area contributed by atoms with Crippen LogP contribution in [0.1, 0.15) is 33.0 Å². The van der Waals surface area contributed by atoms with Crippen molar-refractivity contribution in [3.05, 3.63) is 21.4 Å². The number of terminal acetylenes is 1. The summed E-state index contributed by atoms with van der Waals surface area (Å²) < 4.78 is 0. The van der Waals surface area contributed by atoms with E-state index in [0.717, 1.165) is 25.7 Å². The van der Waals surface area contributed by atoms with Gasteiger partial charge in [-0.2, -0.15) is 0 Å². The molecular formula is C14H15NO3S. The van der Waals surface area contributed by atoms with Crippen molar-refractivity contribution in [2.75, 3.05) is 13.1 Å². The smallest absolute Gasteiger partial charge is 0.323 e. The molecule has 0 radical (unpaired) electrons. The second-order valence-corrected chi connectivity index (χ2v) is 5.66. The van der Waals surface area contributed by atoms with Gasteiger partial charge < -0.3 is 10.0 Å². The summed E-state index contributed by atoms with van der Waals surface area (Å²) in [5.74, 6) is 1.00. The van der Waals surface area contributed by atoms with Crippen molar-refractivity contribution in [2.45, 2.75) is 25.7 Å². The fourth-order valence-corrected chi connectivity index (χ4v) is 3.45. The maximum Gasteiger partial charge on any atom is 0.323 e. The van der Waals surface area contributed by atoms with Crippen LogP contribution >= 0.6 is 11.3 Å². The number of thiophene rings is 1. The second kappa shape index (κ2) is 5.89. The van der Waals surface area contributed by atoms with Gasteiger partial charge in [-0.15, -0.1) is 17.8 Å². The lowest BCUT2D eigenvalue weighted by Crippen LogP contribution is -2.35. The maximum atomic E-state index is 12.3. The summed E-state index contributed by atoms with van der Waals surface area (Å²) in [7, 11) is 0. The molecule has 0 aromatic carbocycles. The van der Waals surface area contributed by atoms with Crippen LogP contribution in [0.4, 0.5) is 0 Å². The molecule has 0 saturated heterocycles. The van der Waals surface area contributed by atoms with E-state index in [2.05, 4.69) is 5.92 Å². The molecule has 100 valence electrons. The third-order valence-corrected chi connectivity index (χ3v) is 4.33. The number of hydrogen-bond donors (Lipinski definition) is 1. The molecule has 2 rings (SSSR count). The Morgan fingerprint density at radius 2 is 2.16 bits per heavy atom. The van der Waals surface area contributed by atoms with Crippen LogP contribution < -0.4 is 0 Å². The lowest BCUT2D eigenvalue weighted by Gasteiger charge is -2.16. The topological polar surface area (TPSA) is 57.6 Å². The number of nitrogens with zero attached hydrogens (tertiary/aromatic N) is 1. The average Bonchev–Trinajstić information content (AvgIpc) is 2.80. The second-order valence-electron chi connectivity index (χ2n) is 4.53. The van der Waals surface area contributed by atoms with Crippen LogP contribution in [0.25, 0.3) is 0 Å². The van der Waals surface area contributed by atoms with Crippen molar-refractivity contribution in [2.24, 2.45) is 0 Å². The molecule has 0 saturated carbocycles. The minimum Gasteiger partial charge on any atom is -0.480 e. The van der Waals surface area contributed by atoms with E-state index in [-0.39, 0.29) is 19.0 Å². The Balaban J connectivity index is 2.19. The van der Waals surface area contributed by atoms with Crippen LogP contribution in [-0.4, -0.2) is 35.0 Å². The Kier molecular flexibility index (Phi) is 4.23. The number of hydrogen-bond acceptors (Lipinski definition) is 3. The standard InChI is InChI=1S/C14H15NO3S/c1-2-7-15(9-13(16)17)14(18)12-8-10-5-3-4-6-11(10)19-12/h1,8H,3-7,9H2,(H,16,17). The predicted octanol–water partition coefficient (Wildman–Crippen LogP) is 1.79. The zero-order valence-electron chi connectivity index (χ0n) is 10.5. The summed E-state index contributed by atoms with van der Waals surface area (Å²) in [6.07, 6.45) is 9.52. The Bertz CT molecular complexity index is 518. The molecule has 1 heterocycles. The molecule has 5 heteroatoms. The number of carboxylic acid groups (broad SMARTS) is 1. The van der Waals surface area contributed by atoms with Gasteiger partial charge in [-0.05, 0) is 37.3 Å². The highest BCUT2D eigenvalue weighted by atomic mass is 32.1. The quantitative estimate of drug-likeness (QED) is 0.854. The third kappa shape index (κ3) is 3.15. The summed E-state index contributed by atoms with van der Waals surface area (Å²) >= 11 is 1.47. The summed E-state index contributed by atoms with van der Waals surface area (Å²) in [5.41, 5.74) is 1.23. The lowest BCUT2D eigenvalue weighted by atomic mass is 9.99. The van der Waals surface area contributed by atoms with E-state index in [0.29, 0.717) is 4.88 Å². The molecule has 0 fully saturated rings. The molecule has 1 aliphatic carbocycles. The first-order valence-electron chi connectivity index (χ1n) is 6.18. The van der Waals surface area contributed by atoms with E-state index in [9.17, 15) is 9.59 Å². The highest BCUT2D eigenvalue weighted by Crippen LogP contribution is 2.30. The Hall–Kier alpha value is -1.80. The van der Waals surface area contributed by atoms with Crippen molar-refractivity contribution in [3.8, 4) is 12.3 Å². The van der Waals surface area contributed by atoms with Crippen LogP contribution in [0.5, 0.6) is 0 Å². The number of carbonyl (C=O) groups is 2. The Morgan fingerprint density at radius 3 is 2.79 bits per heavy atom. The van der Waals surface area contributed by atoms with E-state index in [1.807, 2.05) is 6.07 Å². The highest BCUT2D eigenvalue weighted by Gasteiger charge is 2.22. The SMILES string of the molecule is C#CCN(CC(=O)O)C(=O)c1cc2c(s1)CCCC2. The van der Waals surface area contributed by atoms with E-state index in [1.165, 1.54) is 26.7 Å². The number of fused-ring (bicyclic) bond motifs is 1. The third-order valence-electron chi connectivity index (χ3n) is 3.10.